The van der Waals surface area contributed by atoms with Gasteiger partial charge in [-0.15, -0.1) is 0 Å². The summed E-state index contributed by atoms with van der Waals surface area (Å²) in [6, 6.07) is 19.4. The molecule has 1 heterocycles. The Labute approximate surface area is 219 Å². The summed E-state index contributed by atoms with van der Waals surface area (Å²) in [4.78, 5) is 39.0. The Morgan fingerprint density at radius 1 is 1.03 bits per heavy atom. The van der Waals surface area contributed by atoms with Crippen LogP contribution >= 0.6 is 23.2 Å². The fraction of sp³-hybridized carbons (Fsp3) is 0.222. The third kappa shape index (κ3) is 6.36. The van der Waals surface area contributed by atoms with Crippen molar-refractivity contribution in [1.29, 1.82) is 0 Å². The highest BCUT2D eigenvalue weighted by Gasteiger charge is 2.35. The minimum Gasteiger partial charge on any atom is -0.484 e. The standard InChI is InChI=1S/C27H25Cl2N3O4/c1-17-23(29)3-2-4-24(17)31-25(33)16-36-22-11-9-21(10-12-22)32-15-19(13-26(32)34)27(35)30-14-18-5-7-20(28)8-6-18/h2-12,19H,13-16H2,1H3,(H,30,35)(H,31,33)/t19-/m1/s1. The monoisotopic (exact) mass is 525 g/mol. The zero-order chi connectivity index (χ0) is 25.7. The van der Waals surface area contributed by atoms with Crippen LogP contribution in [0.25, 0.3) is 0 Å². The molecule has 0 aliphatic carbocycles. The lowest BCUT2D eigenvalue weighted by Gasteiger charge is -2.17. The van der Waals surface area contributed by atoms with E-state index in [1.54, 1.807) is 59.5 Å². The molecule has 1 saturated heterocycles. The summed E-state index contributed by atoms with van der Waals surface area (Å²) >= 11 is 12.0. The first-order chi connectivity index (χ1) is 17.3. The van der Waals surface area contributed by atoms with Crippen molar-refractivity contribution < 1.29 is 19.1 Å². The lowest BCUT2D eigenvalue weighted by atomic mass is 10.1. The van der Waals surface area contributed by atoms with Crippen molar-refractivity contribution in [2.75, 3.05) is 23.4 Å². The zero-order valence-corrected chi connectivity index (χ0v) is 21.1. The Balaban J connectivity index is 1.27. The third-order valence-electron chi connectivity index (χ3n) is 5.94. The van der Waals surface area contributed by atoms with E-state index in [1.807, 2.05) is 19.1 Å². The Morgan fingerprint density at radius 3 is 2.47 bits per heavy atom. The molecular weight excluding hydrogens is 501 g/mol. The highest BCUT2D eigenvalue weighted by Crippen LogP contribution is 2.27. The molecule has 7 nitrogen and oxygen atoms in total. The smallest absolute Gasteiger partial charge is 0.262 e. The molecular formula is C27H25Cl2N3O4. The van der Waals surface area contributed by atoms with Crippen LogP contribution in [0.3, 0.4) is 0 Å². The fourth-order valence-electron chi connectivity index (χ4n) is 3.87. The number of carbonyl (C=O) groups excluding carboxylic acids is 3. The van der Waals surface area contributed by atoms with Gasteiger partial charge in [0.05, 0.1) is 5.92 Å². The largest absolute Gasteiger partial charge is 0.484 e. The Kier molecular flexibility index (Phi) is 8.13. The normalized spacial score (nSPS) is 15.0. The first-order valence-corrected chi connectivity index (χ1v) is 12.2. The first kappa shape index (κ1) is 25.5. The van der Waals surface area contributed by atoms with Crippen molar-refractivity contribution in [2.24, 2.45) is 5.92 Å². The molecule has 0 unspecified atom stereocenters. The lowest BCUT2D eigenvalue weighted by Crippen LogP contribution is -2.32. The van der Waals surface area contributed by atoms with E-state index in [2.05, 4.69) is 10.6 Å². The van der Waals surface area contributed by atoms with Crippen LogP contribution in [-0.4, -0.2) is 30.9 Å². The summed E-state index contributed by atoms with van der Waals surface area (Å²) in [5.74, 6) is -0.542. The van der Waals surface area contributed by atoms with Gasteiger partial charge in [0.2, 0.25) is 11.8 Å². The topological polar surface area (TPSA) is 87.7 Å². The molecule has 9 heteroatoms. The summed E-state index contributed by atoms with van der Waals surface area (Å²) in [5.41, 5.74) is 3.01. The maximum atomic E-state index is 12.6. The molecule has 1 atom stereocenters. The van der Waals surface area contributed by atoms with Crippen LogP contribution in [-0.2, 0) is 20.9 Å². The molecule has 0 aromatic heterocycles. The van der Waals surface area contributed by atoms with Crippen LogP contribution < -0.4 is 20.3 Å². The molecule has 0 spiro atoms. The van der Waals surface area contributed by atoms with Gasteiger partial charge in [0, 0.05) is 40.9 Å². The van der Waals surface area contributed by atoms with Crippen LogP contribution in [0.5, 0.6) is 5.75 Å². The minimum atomic E-state index is -0.431. The van der Waals surface area contributed by atoms with Gasteiger partial charge in [-0.2, -0.15) is 0 Å². The van der Waals surface area contributed by atoms with Crippen LogP contribution in [0, 0.1) is 12.8 Å². The van der Waals surface area contributed by atoms with Crippen LogP contribution in [0.1, 0.15) is 17.5 Å². The van der Waals surface area contributed by atoms with E-state index < -0.39 is 5.92 Å². The summed E-state index contributed by atoms with van der Waals surface area (Å²) < 4.78 is 5.57. The number of hydrogen-bond donors (Lipinski definition) is 2. The lowest BCUT2D eigenvalue weighted by molar-refractivity contribution is -0.126. The second kappa shape index (κ2) is 11.5. The van der Waals surface area contributed by atoms with Gasteiger partial charge in [0.15, 0.2) is 6.61 Å². The van der Waals surface area contributed by atoms with E-state index in [0.717, 1.165) is 11.1 Å². The SMILES string of the molecule is Cc1c(Cl)cccc1NC(=O)COc1ccc(N2C[C@H](C(=O)NCc3ccc(Cl)cc3)CC2=O)cc1. The summed E-state index contributed by atoms with van der Waals surface area (Å²) in [5, 5.41) is 6.87. The molecule has 186 valence electrons. The van der Waals surface area contributed by atoms with E-state index in [9.17, 15) is 14.4 Å². The minimum absolute atomic E-state index is 0.119. The van der Waals surface area contributed by atoms with E-state index in [4.69, 9.17) is 27.9 Å². The van der Waals surface area contributed by atoms with Crippen LogP contribution in [0.15, 0.2) is 66.7 Å². The number of nitrogens with zero attached hydrogens (tertiary/aromatic N) is 1. The second-order valence-electron chi connectivity index (χ2n) is 8.49. The van der Waals surface area contributed by atoms with Crippen molar-refractivity contribution in [3.63, 3.8) is 0 Å². The van der Waals surface area contributed by atoms with E-state index in [0.29, 0.717) is 40.3 Å². The average Bonchev–Trinajstić information content (AvgIpc) is 3.27. The molecule has 1 aliphatic rings. The van der Waals surface area contributed by atoms with Crippen molar-refractivity contribution in [3.8, 4) is 5.75 Å². The van der Waals surface area contributed by atoms with Gasteiger partial charge in [-0.1, -0.05) is 41.4 Å². The molecule has 2 N–H and O–H groups in total. The molecule has 0 radical (unpaired) electrons. The number of amides is 3. The molecule has 1 aliphatic heterocycles. The van der Waals surface area contributed by atoms with Crippen LogP contribution in [0.2, 0.25) is 10.0 Å². The maximum absolute atomic E-state index is 12.6. The van der Waals surface area contributed by atoms with Crippen molar-refractivity contribution in [2.45, 2.75) is 19.9 Å². The highest BCUT2D eigenvalue weighted by molar-refractivity contribution is 6.31. The summed E-state index contributed by atoms with van der Waals surface area (Å²) in [6.07, 6.45) is 0.147. The maximum Gasteiger partial charge on any atom is 0.262 e. The van der Waals surface area contributed by atoms with Gasteiger partial charge in [0.25, 0.3) is 5.91 Å². The van der Waals surface area contributed by atoms with Gasteiger partial charge < -0.3 is 20.3 Å². The molecule has 1 fully saturated rings. The third-order valence-corrected chi connectivity index (χ3v) is 6.60. The van der Waals surface area contributed by atoms with Gasteiger partial charge in [0.1, 0.15) is 5.75 Å². The zero-order valence-electron chi connectivity index (χ0n) is 19.6. The number of rotatable bonds is 8. The molecule has 3 aromatic carbocycles. The van der Waals surface area contributed by atoms with Crippen LogP contribution in [0.4, 0.5) is 11.4 Å². The number of benzene rings is 3. The molecule has 3 amide bonds. The van der Waals surface area contributed by atoms with E-state index in [-0.39, 0.29) is 30.7 Å². The fourth-order valence-corrected chi connectivity index (χ4v) is 4.17. The second-order valence-corrected chi connectivity index (χ2v) is 9.34. The van der Waals surface area contributed by atoms with E-state index in [1.165, 1.54) is 0 Å². The van der Waals surface area contributed by atoms with Crippen molar-refractivity contribution in [1.82, 2.24) is 5.32 Å². The Morgan fingerprint density at radius 2 is 1.75 bits per heavy atom. The average molecular weight is 526 g/mol. The van der Waals surface area contributed by atoms with Gasteiger partial charge in [-0.3, -0.25) is 14.4 Å². The number of hydrogen-bond acceptors (Lipinski definition) is 4. The Bertz CT molecular complexity index is 1260. The number of nitrogens with one attached hydrogen (secondary N) is 2. The van der Waals surface area contributed by atoms with Crippen molar-refractivity contribution in [3.05, 3.63) is 87.9 Å². The van der Waals surface area contributed by atoms with Crippen molar-refractivity contribution >= 4 is 52.3 Å². The number of halogens is 2. The van der Waals surface area contributed by atoms with Gasteiger partial charge >= 0.3 is 0 Å². The van der Waals surface area contributed by atoms with E-state index >= 15 is 0 Å². The highest BCUT2D eigenvalue weighted by atomic mass is 35.5. The Hall–Kier alpha value is -3.55. The number of anilines is 2. The predicted molar refractivity (Wildman–Crippen MR) is 141 cm³/mol. The predicted octanol–water partition coefficient (Wildman–Crippen LogP) is 4.99. The van der Waals surface area contributed by atoms with Gasteiger partial charge in [-0.05, 0) is 66.6 Å². The number of ether oxygens (including phenoxy) is 1. The summed E-state index contributed by atoms with van der Waals surface area (Å²) in [7, 11) is 0. The first-order valence-electron chi connectivity index (χ1n) is 11.4. The molecule has 3 aromatic rings. The van der Waals surface area contributed by atoms with Gasteiger partial charge in [-0.25, -0.2) is 0 Å². The summed E-state index contributed by atoms with van der Waals surface area (Å²) in [6.45, 7) is 2.32. The molecule has 36 heavy (non-hydrogen) atoms. The quantitative estimate of drug-likeness (QED) is 0.433. The molecule has 0 bridgehead atoms. The number of carbonyl (C=O) groups is 3. The molecule has 4 rings (SSSR count). The molecule has 0 saturated carbocycles.